The number of hydrogen-bond donors (Lipinski definition) is 1. The average molecular weight is 266 g/mol. The Kier molecular flexibility index (Phi) is 4.60. The van der Waals surface area contributed by atoms with E-state index in [2.05, 4.69) is 35.8 Å². The number of rotatable bonds is 5. The molecule has 1 aromatic carbocycles. The zero-order valence-corrected chi connectivity index (χ0v) is 11.4. The molecule has 0 spiro atoms. The molecule has 0 saturated carbocycles. The average Bonchev–Trinajstić information content (AvgIpc) is 2.82. The Morgan fingerprint density at radius 2 is 2.18 bits per heavy atom. The summed E-state index contributed by atoms with van der Waals surface area (Å²) < 4.78 is 0. The minimum atomic E-state index is 0.341. The van der Waals surface area contributed by atoms with Gasteiger partial charge in [0.25, 0.3) is 0 Å². The highest BCUT2D eigenvalue weighted by molar-refractivity contribution is 7.09. The molecule has 1 N–H and O–H groups in total. The van der Waals surface area contributed by atoms with Crippen LogP contribution < -0.4 is 5.32 Å². The highest BCUT2D eigenvalue weighted by Gasteiger charge is 2.04. The van der Waals surface area contributed by atoms with Gasteiger partial charge >= 0.3 is 0 Å². The van der Waals surface area contributed by atoms with Gasteiger partial charge in [-0.2, -0.15) is 0 Å². The fraction of sp³-hybridized carbons (Fsp3) is 0.286. The summed E-state index contributed by atoms with van der Waals surface area (Å²) in [5, 5.41) is 6.43. The van der Waals surface area contributed by atoms with E-state index in [1.807, 2.05) is 29.5 Å². The molecule has 2 rings (SSSR count). The van der Waals surface area contributed by atoms with Crippen molar-refractivity contribution >= 4 is 22.9 Å². The lowest BCUT2D eigenvalue weighted by molar-refractivity contribution is 0.578. The molecule has 0 aliphatic heterocycles. The zero-order valence-electron chi connectivity index (χ0n) is 9.82. The monoisotopic (exact) mass is 265 g/mol. The summed E-state index contributed by atoms with van der Waals surface area (Å²) in [6, 6.07) is 12.6. The van der Waals surface area contributed by atoms with Crippen LogP contribution in [-0.2, 0) is 6.42 Å². The lowest BCUT2D eigenvalue weighted by Gasteiger charge is -2.14. The SMILES string of the molecule is CC(NCCc1cccs1)c1cccc(Cl)c1. The first-order valence-electron chi connectivity index (χ1n) is 5.77. The van der Waals surface area contributed by atoms with Crippen molar-refractivity contribution in [3.05, 3.63) is 57.2 Å². The second-order valence-electron chi connectivity index (χ2n) is 4.06. The van der Waals surface area contributed by atoms with Gasteiger partial charge in [0, 0.05) is 22.5 Å². The van der Waals surface area contributed by atoms with E-state index in [-0.39, 0.29) is 0 Å². The van der Waals surface area contributed by atoms with Gasteiger partial charge in [0.15, 0.2) is 0 Å². The third kappa shape index (κ3) is 3.84. The fourth-order valence-electron chi connectivity index (χ4n) is 1.76. The molecule has 1 aromatic heterocycles. The molecule has 1 nitrogen and oxygen atoms in total. The number of benzene rings is 1. The van der Waals surface area contributed by atoms with Gasteiger partial charge in [-0.15, -0.1) is 11.3 Å². The molecule has 3 heteroatoms. The number of hydrogen-bond acceptors (Lipinski definition) is 2. The van der Waals surface area contributed by atoms with Crippen LogP contribution in [0.2, 0.25) is 5.02 Å². The second-order valence-corrected chi connectivity index (χ2v) is 5.53. The van der Waals surface area contributed by atoms with Crippen molar-refractivity contribution in [2.45, 2.75) is 19.4 Å². The first-order chi connectivity index (χ1) is 8.25. The van der Waals surface area contributed by atoms with Crippen LogP contribution in [0.25, 0.3) is 0 Å². The quantitative estimate of drug-likeness (QED) is 0.850. The van der Waals surface area contributed by atoms with E-state index in [1.165, 1.54) is 10.4 Å². The largest absolute Gasteiger partial charge is 0.310 e. The number of thiophene rings is 1. The van der Waals surface area contributed by atoms with Crippen LogP contribution in [0.4, 0.5) is 0 Å². The molecule has 0 saturated heterocycles. The predicted molar refractivity (Wildman–Crippen MR) is 75.9 cm³/mol. The van der Waals surface area contributed by atoms with E-state index in [0.717, 1.165) is 18.0 Å². The summed E-state index contributed by atoms with van der Waals surface area (Å²) in [4.78, 5) is 1.43. The maximum atomic E-state index is 5.98. The van der Waals surface area contributed by atoms with Crippen LogP contribution in [0, 0.1) is 0 Å². The molecule has 90 valence electrons. The van der Waals surface area contributed by atoms with Gasteiger partial charge in [0.1, 0.15) is 0 Å². The lowest BCUT2D eigenvalue weighted by Crippen LogP contribution is -2.21. The van der Waals surface area contributed by atoms with Crippen LogP contribution in [0.3, 0.4) is 0 Å². The van der Waals surface area contributed by atoms with E-state index < -0.39 is 0 Å². The minimum absolute atomic E-state index is 0.341. The van der Waals surface area contributed by atoms with Crippen molar-refractivity contribution in [3.8, 4) is 0 Å². The number of halogens is 1. The van der Waals surface area contributed by atoms with Gasteiger partial charge in [-0.3, -0.25) is 0 Å². The van der Waals surface area contributed by atoms with Crippen molar-refractivity contribution in [3.63, 3.8) is 0 Å². The first kappa shape index (κ1) is 12.6. The molecule has 17 heavy (non-hydrogen) atoms. The molecule has 0 aliphatic carbocycles. The standard InChI is InChI=1S/C14H16ClNS/c1-11(12-4-2-5-13(15)10-12)16-8-7-14-6-3-9-17-14/h2-6,9-11,16H,7-8H2,1H3. The summed E-state index contributed by atoms with van der Waals surface area (Å²) in [6.45, 7) is 3.16. The van der Waals surface area contributed by atoms with Crippen LogP contribution >= 0.6 is 22.9 Å². The maximum Gasteiger partial charge on any atom is 0.0409 e. The predicted octanol–water partition coefficient (Wildman–Crippen LogP) is 4.29. The maximum absolute atomic E-state index is 5.98. The van der Waals surface area contributed by atoms with E-state index in [1.54, 1.807) is 0 Å². The molecule has 0 aliphatic rings. The summed E-state index contributed by atoms with van der Waals surface area (Å²) >= 11 is 7.79. The van der Waals surface area contributed by atoms with E-state index in [4.69, 9.17) is 11.6 Å². The Balaban J connectivity index is 1.83. The Morgan fingerprint density at radius 3 is 2.88 bits per heavy atom. The van der Waals surface area contributed by atoms with Crippen LogP contribution in [0.1, 0.15) is 23.4 Å². The highest BCUT2D eigenvalue weighted by Crippen LogP contribution is 2.17. The summed E-state index contributed by atoms with van der Waals surface area (Å²) in [5.74, 6) is 0. The normalized spacial score (nSPS) is 12.6. The first-order valence-corrected chi connectivity index (χ1v) is 7.02. The van der Waals surface area contributed by atoms with E-state index in [9.17, 15) is 0 Å². The summed E-state index contributed by atoms with van der Waals surface area (Å²) in [5.41, 5.74) is 1.24. The molecular formula is C14H16ClNS. The molecule has 0 radical (unpaired) electrons. The third-order valence-corrected chi connectivity index (χ3v) is 3.92. The third-order valence-electron chi connectivity index (χ3n) is 2.75. The fourth-order valence-corrected chi connectivity index (χ4v) is 2.67. The summed E-state index contributed by atoms with van der Waals surface area (Å²) in [6.07, 6.45) is 1.09. The number of nitrogens with one attached hydrogen (secondary N) is 1. The van der Waals surface area contributed by atoms with Crippen molar-refractivity contribution in [2.75, 3.05) is 6.54 Å². The van der Waals surface area contributed by atoms with Gasteiger partial charge in [-0.25, -0.2) is 0 Å². The molecule has 0 amide bonds. The van der Waals surface area contributed by atoms with Crippen molar-refractivity contribution in [1.29, 1.82) is 0 Å². The lowest BCUT2D eigenvalue weighted by atomic mass is 10.1. The Bertz CT molecular complexity index is 453. The molecular weight excluding hydrogens is 250 g/mol. The van der Waals surface area contributed by atoms with Gasteiger partial charge in [0.2, 0.25) is 0 Å². The van der Waals surface area contributed by atoms with E-state index >= 15 is 0 Å². The van der Waals surface area contributed by atoms with Gasteiger partial charge < -0.3 is 5.32 Å². The molecule has 2 aromatic rings. The molecule has 1 unspecified atom stereocenters. The topological polar surface area (TPSA) is 12.0 Å². The smallest absolute Gasteiger partial charge is 0.0409 e. The van der Waals surface area contributed by atoms with Gasteiger partial charge in [0.05, 0.1) is 0 Å². The van der Waals surface area contributed by atoms with Crippen molar-refractivity contribution < 1.29 is 0 Å². The zero-order chi connectivity index (χ0) is 12.1. The van der Waals surface area contributed by atoms with Crippen LogP contribution in [0.15, 0.2) is 41.8 Å². The molecule has 0 fully saturated rings. The van der Waals surface area contributed by atoms with E-state index in [0.29, 0.717) is 6.04 Å². The minimum Gasteiger partial charge on any atom is -0.310 e. The Morgan fingerprint density at radius 1 is 1.29 bits per heavy atom. The summed E-state index contributed by atoms with van der Waals surface area (Å²) in [7, 11) is 0. The van der Waals surface area contributed by atoms with Crippen molar-refractivity contribution in [1.82, 2.24) is 5.32 Å². The molecule has 1 heterocycles. The van der Waals surface area contributed by atoms with Gasteiger partial charge in [-0.1, -0.05) is 29.8 Å². The highest BCUT2D eigenvalue weighted by atomic mass is 35.5. The Hall–Kier alpha value is -0.830. The second kappa shape index (κ2) is 6.20. The van der Waals surface area contributed by atoms with Gasteiger partial charge in [-0.05, 0) is 42.5 Å². The molecule has 1 atom stereocenters. The van der Waals surface area contributed by atoms with Crippen LogP contribution in [0.5, 0.6) is 0 Å². The Labute approximate surface area is 111 Å². The molecule has 0 bridgehead atoms. The van der Waals surface area contributed by atoms with Crippen LogP contribution in [-0.4, -0.2) is 6.54 Å². The van der Waals surface area contributed by atoms with Crippen molar-refractivity contribution in [2.24, 2.45) is 0 Å².